The molecule has 1 atom stereocenters. The predicted molar refractivity (Wildman–Crippen MR) is 96.3 cm³/mol. The van der Waals surface area contributed by atoms with Crippen molar-refractivity contribution in [2.24, 2.45) is 0 Å². The van der Waals surface area contributed by atoms with Crippen LogP contribution in [-0.4, -0.2) is 43.7 Å². The van der Waals surface area contributed by atoms with Gasteiger partial charge >= 0.3 is 5.97 Å². The molecule has 2 aromatic carbocycles. The van der Waals surface area contributed by atoms with Crippen LogP contribution in [0.2, 0.25) is 0 Å². The van der Waals surface area contributed by atoms with Gasteiger partial charge in [-0.05, 0) is 37.3 Å². The van der Waals surface area contributed by atoms with Crippen LogP contribution in [0.4, 0.5) is 10.1 Å². The van der Waals surface area contributed by atoms with E-state index >= 15 is 0 Å². The number of esters is 1. The lowest BCUT2D eigenvalue weighted by Gasteiger charge is -2.41. The fourth-order valence-electron chi connectivity index (χ4n) is 3.24. The minimum atomic E-state index is -0.324. The van der Waals surface area contributed by atoms with Crippen molar-refractivity contribution in [3.63, 3.8) is 0 Å². The summed E-state index contributed by atoms with van der Waals surface area (Å²) >= 11 is 0. The highest BCUT2D eigenvalue weighted by Gasteiger charge is 2.24. The van der Waals surface area contributed by atoms with Gasteiger partial charge in [-0.15, -0.1) is 0 Å². The monoisotopic (exact) mass is 342 g/mol. The molecule has 0 aliphatic carbocycles. The van der Waals surface area contributed by atoms with Crippen molar-refractivity contribution in [2.75, 3.05) is 31.6 Å². The highest BCUT2D eigenvalue weighted by atomic mass is 19.1. The zero-order chi connectivity index (χ0) is 17.8. The molecule has 5 heteroatoms. The number of carbonyl (C=O) groups is 1. The molecule has 0 spiro atoms. The zero-order valence-electron chi connectivity index (χ0n) is 14.6. The first-order valence-corrected chi connectivity index (χ1v) is 8.49. The van der Waals surface area contributed by atoms with Crippen LogP contribution in [0.1, 0.15) is 22.8 Å². The molecular weight excluding hydrogens is 319 g/mol. The van der Waals surface area contributed by atoms with E-state index in [1.54, 1.807) is 18.2 Å². The zero-order valence-corrected chi connectivity index (χ0v) is 14.6. The Morgan fingerprint density at radius 3 is 2.52 bits per heavy atom. The molecule has 0 radical (unpaired) electrons. The first-order valence-electron chi connectivity index (χ1n) is 8.49. The van der Waals surface area contributed by atoms with Crippen LogP contribution in [0.5, 0.6) is 0 Å². The largest absolute Gasteiger partial charge is 0.465 e. The third-order valence-corrected chi connectivity index (χ3v) is 4.75. The first kappa shape index (κ1) is 17.4. The van der Waals surface area contributed by atoms with E-state index in [9.17, 15) is 9.18 Å². The Balaban J connectivity index is 1.63. The van der Waals surface area contributed by atoms with E-state index in [0.717, 1.165) is 30.9 Å². The summed E-state index contributed by atoms with van der Waals surface area (Å²) in [4.78, 5) is 16.1. The van der Waals surface area contributed by atoms with Crippen molar-refractivity contribution in [2.45, 2.75) is 19.5 Å². The molecule has 1 unspecified atom stereocenters. The molecule has 1 heterocycles. The second-order valence-corrected chi connectivity index (χ2v) is 6.40. The number of piperazine rings is 1. The van der Waals surface area contributed by atoms with Crippen molar-refractivity contribution in [1.82, 2.24) is 4.90 Å². The van der Waals surface area contributed by atoms with Crippen LogP contribution in [0.25, 0.3) is 0 Å². The topological polar surface area (TPSA) is 32.8 Å². The summed E-state index contributed by atoms with van der Waals surface area (Å²) in [6, 6.07) is 14.7. The average Bonchev–Trinajstić information content (AvgIpc) is 2.64. The summed E-state index contributed by atoms with van der Waals surface area (Å²) in [5.74, 6) is -0.467. The van der Waals surface area contributed by atoms with E-state index in [-0.39, 0.29) is 11.8 Å². The summed E-state index contributed by atoms with van der Waals surface area (Å²) in [5.41, 5.74) is 2.38. The number of rotatable bonds is 4. The Bertz CT molecular complexity index is 733. The third kappa shape index (κ3) is 3.99. The van der Waals surface area contributed by atoms with Gasteiger partial charge in [-0.25, -0.2) is 9.18 Å². The molecule has 0 aromatic heterocycles. The van der Waals surface area contributed by atoms with Crippen molar-refractivity contribution in [3.8, 4) is 0 Å². The first-order chi connectivity index (χ1) is 12.1. The number of methoxy groups -OCH3 is 1. The number of hydrogen-bond acceptors (Lipinski definition) is 4. The van der Waals surface area contributed by atoms with Crippen LogP contribution in [0.3, 0.4) is 0 Å². The Hall–Kier alpha value is -2.40. The standard InChI is InChI=1S/C20H23FN2O2/c1-15-13-23(18-9-7-16(8-10-18)20(24)25-2)12-11-22(15)14-17-5-3-4-6-19(17)21/h3-10,15H,11-14H2,1-2H3. The highest BCUT2D eigenvalue weighted by molar-refractivity contribution is 5.89. The van der Waals surface area contributed by atoms with Crippen LogP contribution >= 0.6 is 0 Å². The van der Waals surface area contributed by atoms with Crippen molar-refractivity contribution >= 4 is 11.7 Å². The lowest BCUT2D eigenvalue weighted by Crippen LogP contribution is -2.51. The highest BCUT2D eigenvalue weighted by Crippen LogP contribution is 2.22. The predicted octanol–water partition coefficient (Wildman–Crippen LogP) is 3.32. The molecule has 132 valence electrons. The molecule has 4 nitrogen and oxygen atoms in total. The summed E-state index contributed by atoms with van der Waals surface area (Å²) in [7, 11) is 1.38. The van der Waals surface area contributed by atoms with E-state index in [0.29, 0.717) is 18.2 Å². The van der Waals surface area contributed by atoms with Crippen LogP contribution in [0.15, 0.2) is 48.5 Å². The number of carbonyl (C=O) groups excluding carboxylic acids is 1. The van der Waals surface area contributed by atoms with Gasteiger partial charge < -0.3 is 9.64 Å². The maximum Gasteiger partial charge on any atom is 0.337 e. The third-order valence-electron chi connectivity index (χ3n) is 4.75. The fourth-order valence-corrected chi connectivity index (χ4v) is 3.24. The molecular formula is C20H23FN2O2. The van der Waals surface area contributed by atoms with Gasteiger partial charge in [-0.2, -0.15) is 0 Å². The summed E-state index contributed by atoms with van der Waals surface area (Å²) < 4.78 is 18.6. The lowest BCUT2D eigenvalue weighted by molar-refractivity contribution is 0.0600. The molecule has 1 saturated heterocycles. The van der Waals surface area contributed by atoms with Gasteiger partial charge in [-0.1, -0.05) is 18.2 Å². The number of benzene rings is 2. The average molecular weight is 342 g/mol. The van der Waals surface area contributed by atoms with Crippen LogP contribution < -0.4 is 4.90 Å². The molecule has 1 fully saturated rings. The molecule has 25 heavy (non-hydrogen) atoms. The van der Waals surface area contributed by atoms with Gasteiger partial charge in [0.1, 0.15) is 5.82 Å². The van der Waals surface area contributed by atoms with Gasteiger partial charge in [0.15, 0.2) is 0 Å². The SMILES string of the molecule is COC(=O)c1ccc(N2CCN(Cc3ccccc3F)C(C)C2)cc1. The quantitative estimate of drug-likeness (QED) is 0.798. The molecule has 0 bridgehead atoms. The molecule has 3 rings (SSSR count). The van der Waals surface area contributed by atoms with Crippen molar-refractivity contribution < 1.29 is 13.9 Å². The second kappa shape index (κ2) is 7.66. The maximum absolute atomic E-state index is 13.9. The number of anilines is 1. The molecule has 0 amide bonds. The van der Waals surface area contributed by atoms with E-state index in [1.165, 1.54) is 13.2 Å². The van der Waals surface area contributed by atoms with Crippen LogP contribution in [0, 0.1) is 5.82 Å². The molecule has 1 aliphatic rings. The number of ether oxygens (including phenoxy) is 1. The Morgan fingerprint density at radius 2 is 1.88 bits per heavy atom. The molecule has 0 N–H and O–H groups in total. The van der Waals surface area contributed by atoms with Gasteiger partial charge in [0.05, 0.1) is 12.7 Å². The minimum absolute atomic E-state index is 0.143. The Morgan fingerprint density at radius 1 is 1.16 bits per heavy atom. The van der Waals surface area contributed by atoms with Gasteiger partial charge in [0.2, 0.25) is 0 Å². The maximum atomic E-state index is 13.9. The van der Waals surface area contributed by atoms with E-state index in [1.807, 2.05) is 24.3 Å². The number of hydrogen-bond donors (Lipinski definition) is 0. The van der Waals surface area contributed by atoms with Crippen molar-refractivity contribution in [1.29, 1.82) is 0 Å². The van der Waals surface area contributed by atoms with Crippen molar-refractivity contribution in [3.05, 3.63) is 65.5 Å². The van der Waals surface area contributed by atoms with E-state index < -0.39 is 0 Å². The van der Waals surface area contributed by atoms with Gasteiger partial charge in [-0.3, -0.25) is 4.90 Å². The number of halogens is 1. The van der Waals surface area contributed by atoms with Gasteiger partial charge in [0, 0.05) is 43.5 Å². The molecule has 2 aromatic rings. The van der Waals surface area contributed by atoms with E-state index in [2.05, 4.69) is 16.7 Å². The summed E-state index contributed by atoms with van der Waals surface area (Å²) in [6.45, 7) is 5.40. The second-order valence-electron chi connectivity index (χ2n) is 6.40. The molecule has 1 aliphatic heterocycles. The number of nitrogens with zero attached hydrogens (tertiary/aromatic N) is 2. The van der Waals surface area contributed by atoms with Gasteiger partial charge in [0.25, 0.3) is 0 Å². The molecule has 0 saturated carbocycles. The summed E-state index contributed by atoms with van der Waals surface area (Å²) in [6.07, 6.45) is 0. The Labute approximate surface area is 147 Å². The Kier molecular flexibility index (Phi) is 5.34. The normalized spacial score (nSPS) is 18.2. The van der Waals surface area contributed by atoms with E-state index in [4.69, 9.17) is 4.74 Å². The van der Waals surface area contributed by atoms with Crippen LogP contribution in [-0.2, 0) is 11.3 Å². The lowest BCUT2D eigenvalue weighted by atomic mass is 10.1. The minimum Gasteiger partial charge on any atom is -0.465 e. The fraction of sp³-hybridized carbons (Fsp3) is 0.350. The summed E-state index contributed by atoms with van der Waals surface area (Å²) in [5, 5.41) is 0. The smallest absolute Gasteiger partial charge is 0.337 e.